The van der Waals surface area contributed by atoms with Crippen molar-refractivity contribution in [3.63, 3.8) is 0 Å². The molecule has 0 radical (unpaired) electrons. The summed E-state index contributed by atoms with van der Waals surface area (Å²) in [6.45, 7) is 7.81. The van der Waals surface area contributed by atoms with Crippen LogP contribution in [0.25, 0.3) is 0 Å². The first-order valence-corrected chi connectivity index (χ1v) is 30.1. The van der Waals surface area contributed by atoms with Gasteiger partial charge in [-0.1, -0.05) is 62.6 Å². The number of fused-ring (bicyclic) bond motifs is 4. The van der Waals surface area contributed by atoms with E-state index in [1.54, 1.807) is 6.26 Å². The Kier molecular flexibility index (Phi) is 10.9. The zero-order valence-corrected chi connectivity index (χ0v) is 45.1. The standard InChI is InChI=1S/C63H82N2O11/c1-56(2)50-49(68)51(69)62(41-12-7-11-37(28-41)27-36-9-5-4-6-10-36)48(60(50)34-73-55(71)59-24-23-58(33-59)20-8-13-40(58)16-22-61(59,60)76-56)17-21-57(3)52(74-54(70)53-63(57,62)75-53)43-19-26-72-47(43)30-44(46(67)32-66)38-14-15-42-39(29-38)18-25-65-35-64-31-45(42)65/h4-6,9-10,18-19,25-26,37-42,44-46,48,50-53,64,66-67,69H,7-8,11-17,20-24,27-35H2,1-3H3/t37-,38-,39+,40-,41-,42+,44-,45-,46+,48+,50+,51+,52-,53+,57-,58-,59+,60+,61-,62-,63+/m0/s1. The molecule has 6 aliphatic heterocycles. The Labute approximate surface area is 447 Å². The number of ketones is 1. The first-order chi connectivity index (χ1) is 36.6. The zero-order valence-electron chi connectivity index (χ0n) is 45.1. The van der Waals surface area contributed by atoms with Crippen LogP contribution in [0.5, 0.6) is 0 Å². The zero-order chi connectivity index (χ0) is 52.0. The number of carbonyl (C=O) groups excluding carboxylic acids is 3. The summed E-state index contributed by atoms with van der Waals surface area (Å²) in [6, 6.07) is 13.0. The highest BCUT2D eigenvalue weighted by Gasteiger charge is 2.96. The second-order valence-corrected chi connectivity index (χ2v) is 28.4. The molecule has 15 rings (SSSR count). The van der Waals surface area contributed by atoms with Gasteiger partial charge in [0.15, 0.2) is 11.9 Å². The van der Waals surface area contributed by atoms with E-state index in [2.05, 4.69) is 59.7 Å². The monoisotopic (exact) mass is 1040 g/mol. The molecule has 2 bridgehead atoms. The molecule has 7 heterocycles. The second kappa shape index (κ2) is 16.7. The summed E-state index contributed by atoms with van der Waals surface area (Å²) in [5, 5.41) is 40.1. The highest BCUT2D eigenvalue weighted by molar-refractivity contribution is 5.93. The lowest BCUT2D eigenvalue weighted by atomic mass is 9.30. The summed E-state index contributed by atoms with van der Waals surface area (Å²) in [5.41, 5.74) is -5.49. The maximum Gasteiger partial charge on any atom is 0.339 e. The lowest BCUT2D eigenvalue weighted by Crippen LogP contribution is -2.82. The number of allylic oxidation sites excluding steroid dienone is 1. The average Bonchev–Trinajstić information content (AvgIpc) is 4.02. The van der Waals surface area contributed by atoms with Gasteiger partial charge in [0.05, 0.1) is 53.6 Å². The van der Waals surface area contributed by atoms with E-state index < -0.39 is 80.7 Å². The van der Waals surface area contributed by atoms with Crippen molar-refractivity contribution in [3.8, 4) is 0 Å². The molecule has 1 aromatic heterocycles. The molecule has 4 N–H and O–H groups in total. The number of hydrogen-bond acceptors (Lipinski definition) is 13. The molecule has 12 fully saturated rings. The molecule has 21 atom stereocenters. The van der Waals surface area contributed by atoms with Crippen LogP contribution in [-0.2, 0) is 46.2 Å². The molecule has 1 aromatic carbocycles. The molecular weight excluding hydrogens is 961 g/mol. The number of benzene rings is 1. The van der Waals surface area contributed by atoms with E-state index in [-0.39, 0.29) is 54.1 Å². The van der Waals surface area contributed by atoms with Crippen LogP contribution in [0.15, 0.2) is 59.4 Å². The fraction of sp³-hybridized carbons (Fsp3) is 0.762. The van der Waals surface area contributed by atoms with Gasteiger partial charge < -0.3 is 43.6 Å². The van der Waals surface area contributed by atoms with Crippen LogP contribution in [0.4, 0.5) is 0 Å². The molecule has 13 heteroatoms. The van der Waals surface area contributed by atoms with Gasteiger partial charge >= 0.3 is 11.9 Å². The summed E-state index contributed by atoms with van der Waals surface area (Å²) in [5.74, 6) is -0.182. The number of nitrogens with one attached hydrogen (secondary N) is 1. The van der Waals surface area contributed by atoms with Crippen molar-refractivity contribution in [2.45, 2.75) is 190 Å². The number of rotatable bonds is 9. The normalized spacial score (nSPS) is 49.8. The largest absolute Gasteiger partial charge is 0.469 e. The van der Waals surface area contributed by atoms with Crippen molar-refractivity contribution < 1.29 is 53.1 Å². The molecule has 7 saturated carbocycles. The number of hydrogen-bond donors (Lipinski definition) is 4. The van der Waals surface area contributed by atoms with Gasteiger partial charge in [-0.25, -0.2) is 4.79 Å². The number of furan rings is 1. The van der Waals surface area contributed by atoms with E-state index in [0.29, 0.717) is 68.1 Å². The van der Waals surface area contributed by atoms with Crippen molar-refractivity contribution in [1.29, 1.82) is 0 Å². The minimum absolute atomic E-state index is 0.0425. The third-order valence-corrected chi connectivity index (χ3v) is 25.6. The Balaban J connectivity index is 0.866. The predicted octanol–water partition coefficient (Wildman–Crippen LogP) is 8.17. The van der Waals surface area contributed by atoms with Gasteiger partial charge in [-0.3, -0.25) is 14.9 Å². The summed E-state index contributed by atoms with van der Waals surface area (Å²) in [4.78, 5) is 49.5. The molecule has 2 aromatic rings. The smallest absolute Gasteiger partial charge is 0.339 e. The predicted molar refractivity (Wildman–Crippen MR) is 277 cm³/mol. The summed E-state index contributed by atoms with van der Waals surface area (Å²) < 4.78 is 35.4. The Bertz CT molecular complexity index is 2730. The van der Waals surface area contributed by atoms with Crippen molar-refractivity contribution in [1.82, 2.24) is 10.2 Å². The maximum atomic E-state index is 16.6. The maximum absolute atomic E-state index is 16.6. The molecule has 5 saturated heterocycles. The average molecular weight is 1040 g/mol. The van der Waals surface area contributed by atoms with Gasteiger partial charge in [-0.2, -0.15) is 0 Å². The fourth-order valence-corrected chi connectivity index (χ4v) is 23.1. The fourth-order valence-electron chi connectivity index (χ4n) is 23.1. The summed E-state index contributed by atoms with van der Waals surface area (Å²) in [6.07, 6.45) is 18.0. The van der Waals surface area contributed by atoms with Crippen molar-refractivity contribution in [2.75, 3.05) is 26.4 Å². The van der Waals surface area contributed by atoms with E-state index in [0.717, 1.165) is 95.8 Å². The number of epoxide rings is 1. The first kappa shape index (κ1) is 49.5. The summed E-state index contributed by atoms with van der Waals surface area (Å²) >= 11 is 0. The van der Waals surface area contributed by atoms with Crippen LogP contribution < -0.4 is 5.32 Å². The van der Waals surface area contributed by atoms with Gasteiger partial charge in [0.2, 0.25) is 0 Å². The highest BCUT2D eigenvalue weighted by Crippen LogP contribution is 2.87. The van der Waals surface area contributed by atoms with Gasteiger partial charge in [-0.05, 0) is 181 Å². The van der Waals surface area contributed by atoms with Crippen LogP contribution in [0.3, 0.4) is 0 Å². The lowest BCUT2D eigenvalue weighted by molar-refractivity contribution is -0.308. The van der Waals surface area contributed by atoms with Crippen LogP contribution in [0.2, 0.25) is 0 Å². The molecule has 13 nitrogen and oxygen atoms in total. The van der Waals surface area contributed by atoms with Gasteiger partial charge in [-0.15, -0.1) is 0 Å². The Morgan fingerprint density at radius 1 is 0.882 bits per heavy atom. The van der Waals surface area contributed by atoms with E-state index >= 15 is 14.4 Å². The SMILES string of the molecule is CC1(C)O[C@@]23CC[C@@H]4CCC[C@@]45CC[C@@]2(C5)C(=O)OC[C@@]32[C@@H]1C(=O)[C@@H](O)[C@]1([C@H]3CCC[C@@H](Cc4ccccc4)C3)[C@@H]2CC[C@@]2(C)[C@H](c3ccoc3C[C@@H]([C@H]3CC[C@@H]4[C@H](C=CN5CNC[C@@H]45)C3)[C@H](O)CO)OC(=O)[C@H]3O[C@@]312. The van der Waals surface area contributed by atoms with E-state index in [1.807, 2.05) is 19.9 Å². The molecule has 13 aliphatic rings. The minimum Gasteiger partial charge on any atom is -0.469 e. The number of ether oxygens (including phenoxy) is 4. The molecule has 0 unspecified atom stereocenters. The quantitative estimate of drug-likeness (QED) is 0.140. The van der Waals surface area contributed by atoms with Gasteiger partial charge in [0.25, 0.3) is 0 Å². The number of esters is 2. The Hall–Kier alpha value is -3.59. The highest BCUT2D eigenvalue weighted by atomic mass is 16.7. The molecular formula is C63H82N2O11. The lowest BCUT2D eigenvalue weighted by Gasteiger charge is -2.72. The first-order valence-electron chi connectivity index (χ1n) is 30.1. The van der Waals surface area contributed by atoms with E-state index in [4.69, 9.17) is 23.4 Å². The van der Waals surface area contributed by atoms with E-state index in [9.17, 15) is 15.3 Å². The number of aliphatic hydroxyl groups is 3. The Morgan fingerprint density at radius 3 is 2.57 bits per heavy atom. The minimum atomic E-state index is -1.49. The topological polar surface area (TPSA) is 181 Å². The van der Waals surface area contributed by atoms with Gasteiger partial charge in [0.1, 0.15) is 30.2 Å². The molecule has 7 aliphatic carbocycles. The van der Waals surface area contributed by atoms with E-state index in [1.165, 1.54) is 12.0 Å². The summed E-state index contributed by atoms with van der Waals surface area (Å²) in [7, 11) is 0. The number of aliphatic hydroxyl groups excluding tert-OH is 3. The number of Topliss-reactive ketones (excluding diaryl/α,β-unsaturated/α-hetero) is 1. The van der Waals surface area contributed by atoms with Crippen molar-refractivity contribution in [3.05, 3.63) is 71.8 Å². The van der Waals surface area contributed by atoms with Crippen LogP contribution in [0.1, 0.15) is 153 Å². The number of nitrogens with zero attached hydrogens (tertiary/aromatic N) is 1. The number of carbonyl (C=O) groups is 3. The van der Waals surface area contributed by atoms with Crippen LogP contribution in [-0.4, -0.2) is 106 Å². The third-order valence-electron chi connectivity index (χ3n) is 25.6. The molecule has 76 heavy (non-hydrogen) atoms. The second-order valence-electron chi connectivity index (χ2n) is 28.4. The van der Waals surface area contributed by atoms with Crippen LogP contribution >= 0.6 is 0 Å². The Morgan fingerprint density at radius 2 is 1.72 bits per heavy atom. The third kappa shape index (κ3) is 6.02. The van der Waals surface area contributed by atoms with Crippen molar-refractivity contribution >= 4 is 17.7 Å². The molecule has 410 valence electrons. The van der Waals surface area contributed by atoms with Gasteiger partial charge in [0, 0.05) is 35.4 Å². The van der Waals surface area contributed by atoms with Crippen LogP contribution in [0, 0.1) is 80.3 Å². The molecule has 5 spiro atoms. The van der Waals surface area contributed by atoms with Crippen molar-refractivity contribution in [2.24, 2.45) is 80.3 Å². The number of cyclic esters (lactones) is 2. The molecule has 0 amide bonds.